The Labute approximate surface area is 109 Å². The fourth-order valence-electron chi connectivity index (χ4n) is 2.81. The third-order valence-electron chi connectivity index (χ3n) is 3.46. The van der Waals surface area contributed by atoms with Gasteiger partial charge in [-0.05, 0) is 42.4 Å². The molecule has 2 rings (SSSR count). The lowest BCUT2D eigenvalue weighted by Crippen LogP contribution is -2.25. The summed E-state index contributed by atoms with van der Waals surface area (Å²) < 4.78 is 5.24. The standard InChI is InChI=1S/C16H22O2/c1-16(2)10-13(8-14(17)11-16)7-12-5-4-6-15(9-12)18-3/h4-6,8-9,14,17H,7,10-11H2,1-3H3. The van der Waals surface area contributed by atoms with Gasteiger partial charge in [-0.1, -0.05) is 37.6 Å². The van der Waals surface area contributed by atoms with E-state index in [1.807, 2.05) is 18.2 Å². The maximum Gasteiger partial charge on any atom is 0.119 e. The molecule has 0 heterocycles. The van der Waals surface area contributed by atoms with Crippen molar-refractivity contribution in [2.45, 2.75) is 39.2 Å². The summed E-state index contributed by atoms with van der Waals surface area (Å²) in [6.07, 6.45) is 4.53. The molecule has 1 aliphatic rings. The van der Waals surface area contributed by atoms with E-state index in [9.17, 15) is 5.11 Å². The van der Waals surface area contributed by atoms with E-state index in [1.54, 1.807) is 7.11 Å². The van der Waals surface area contributed by atoms with Crippen LogP contribution in [0, 0.1) is 5.41 Å². The maximum atomic E-state index is 9.89. The molecule has 1 atom stereocenters. The molecule has 0 aromatic heterocycles. The average molecular weight is 246 g/mol. The normalized spacial score (nSPS) is 22.4. The second-order valence-corrected chi connectivity index (χ2v) is 5.97. The molecule has 1 aromatic carbocycles. The second kappa shape index (κ2) is 5.15. The number of allylic oxidation sites excluding steroid dienone is 1. The predicted molar refractivity (Wildman–Crippen MR) is 73.8 cm³/mol. The smallest absolute Gasteiger partial charge is 0.119 e. The fraction of sp³-hybridized carbons (Fsp3) is 0.500. The second-order valence-electron chi connectivity index (χ2n) is 5.97. The van der Waals surface area contributed by atoms with Crippen LogP contribution in [0.1, 0.15) is 32.3 Å². The minimum atomic E-state index is -0.297. The van der Waals surface area contributed by atoms with Gasteiger partial charge in [0, 0.05) is 0 Å². The average Bonchev–Trinajstić information content (AvgIpc) is 2.26. The molecule has 0 saturated carbocycles. The van der Waals surface area contributed by atoms with E-state index in [4.69, 9.17) is 4.74 Å². The molecule has 0 aliphatic heterocycles. The van der Waals surface area contributed by atoms with Crippen molar-refractivity contribution in [2.24, 2.45) is 5.41 Å². The number of aliphatic hydroxyl groups excluding tert-OH is 1. The number of benzene rings is 1. The van der Waals surface area contributed by atoms with E-state index >= 15 is 0 Å². The summed E-state index contributed by atoms with van der Waals surface area (Å²) in [4.78, 5) is 0. The van der Waals surface area contributed by atoms with E-state index < -0.39 is 0 Å². The first-order valence-electron chi connectivity index (χ1n) is 6.49. The Kier molecular flexibility index (Phi) is 3.76. The highest BCUT2D eigenvalue weighted by atomic mass is 16.5. The number of methoxy groups -OCH3 is 1. The highest BCUT2D eigenvalue weighted by Gasteiger charge is 2.27. The van der Waals surface area contributed by atoms with E-state index in [0.717, 1.165) is 25.0 Å². The van der Waals surface area contributed by atoms with Crippen LogP contribution in [0.3, 0.4) is 0 Å². The molecule has 1 unspecified atom stereocenters. The first-order valence-corrected chi connectivity index (χ1v) is 6.49. The molecule has 0 bridgehead atoms. The Bertz CT molecular complexity index is 446. The van der Waals surface area contributed by atoms with Crippen LogP contribution in [-0.4, -0.2) is 18.3 Å². The zero-order chi connectivity index (χ0) is 13.2. The van der Waals surface area contributed by atoms with Gasteiger partial charge < -0.3 is 9.84 Å². The van der Waals surface area contributed by atoms with E-state index in [0.29, 0.717) is 0 Å². The van der Waals surface area contributed by atoms with Gasteiger partial charge in [-0.3, -0.25) is 0 Å². The lowest BCUT2D eigenvalue weighted by molar-refractivity contribution is 0.138. The molecule has 0 radical (unpaired) electrons. The van der Waals surface area contributed by atoms with E-state index in [1.165, 1.54) is 11.1 Å². The van der Waals surface area contributed by atoms with Gasteiger partial charge in [-0.15, -0.1) is 0 Å². The number of rotatable bonds is 3. The molecule has 1 N–H and O–H groups in total. The number of hydrogen-bond acceptors (Lipinski definition) is 2. The zero-order valence-corrected chi connectivity index (χ0v) is 11.4. The Morgan fingerprint density at radius 1 is 1.39 bits per heavy atom. The van der Waals surface area contributed by atoms with Crippen LogP contribution >= 0.6 is 0 Å². The predicted octanol–water partition coefficient (Wildman–Crippen LogP) is 3.35. The van der Waals surface area contributed by atoms with Crippen molar-refractivity contribution in [3.8, 4) is 5.75 Å². The van der Waals surface area contributed by atoms with Crippen molar-refractivity contribution in [3.05, 3.63) is 41.5 Å². The van der Waals surface area contributed by atoms with Gasteiger partial charge in [0.25, 0.3) is 0 Å². The van der Waals surface area contributed by atoms with Crippen LogP contribution in [0.4, 0.5) is 0 Å². The molecule has 98 valence electrons. The lowest BCUT2D eigenvalue weighted by atomic mass is 9.75. The van der Waals surface area contributed by atoms with E-state index in [-0.39, 0.29) is 11.5 Å². The van der Waals surface area contributed by atoms with Crippen LogP contribution < -0.4 is 4.74 Å². The van der Waals surface area contributed by atoms with Gasteiger partial charge >= 0.3 is 0 Å². The first kappa shape index (κ1) is 13.2. The highest BCUT2D eigenvalue weighted by molar-refractivity contribution is 5.32. The van der Waals surface area contributed by atoms with Crippen molar-refractivity contribution in [1.82, 2.24) is 0 Å². The van der Waals surface area contributed by atoms with Gasteiger partial charge in [0.15, 0.2) is 0 Å². The van der Waals surface area contributed by atoms with Gasteiger partial charge in [-0.25, -0.2) is 0 Å². The third kappa shape index (κ3) is 3.36. The Balaban J connectivity index is 2.13. The fourth-order valence-corrected chi connectivity index (χ4v) is 2.81. The zero-order valence-electron chi connectivity index (χ0n) is 11.4. The molecule has 1 aromatic rings. The Hall–Kier alpha value is -1.28. The molecule has 2 heteroatoms. The first-order chi connectivity index (χ1) is 8.48. The van der Waals surface area contributed by atoms with Gasteiger partial charge in [0.1, 0.15) is 5.75 Å². The van der Waals surface area contributed by atoms with Crippen LogP contribution in [-0.2, 0) is 6.42 Å². The van der Waals surface area contributed by atoms with Gasteiger partial charge in [-0.2, -0.15) is 0 Å². The van der Waals surface area contributed by atoms with Crippen LogP contribution in [0.5, 0.6) is 5.75 Å². The van der Waals surface area contributed by atoms with Gasteiger partial charge in [0.05, 0.1) is 13.2 Å². The highest BCUT2D eigenvalue weighted by Crippen LogP contribution is 2.36. The Morgan fingerprint density at radius 2 is 2.17 bits per heavy atom. The summed E-state index contributed by atoms with van der Waals surface area (Å²) in [6, 6.07) is 8.14. The molecule has 0 saturated heterocycles. The maximum absolute atomic E-state index is 9.89. The van der Waals surface area contributed by atoms with Crippen molar-refractivity contribution in [1.29, 1.82) is 0 Å². The monoisotopic (exact) mass is 246 g/mol. The van der Waals surface area contributed by atoms with Crippen LogP contribution in [0.25, 0.3) is 0 Å². The summed E-state index contributed by atoms with van der Waals surface area (Å²) in [5, 5.41) is 9.89. The van der Waals surface area contributed by atoms with Crippen molar-refractivity contribution < 1.29 is 9.84 Å². The lowest BCUT2D eigenvalue weighted by Gasteiger charge is -2.32. The molecule has 1 aliphatic carbocycles. The number of aliphatic hydroxyl groups is 1. The van der Waals surface area contributed by atoms with Crippen LogP contribution in [0.2, 0.25) is 0 Å². The topological polar surface area (TPSA) is 29.5 Å². The SMILES string of the molecule is COc1cccc(CC2=CC(O)CC(C)(C)C2)c1. The molecule has 0 fully saturated rings. The molecule has 2 nitrogen and oxygen atoms in total. The number of hydrogen-bond donors (Lipinski definition) is 1. The number of ether oxygens (including phenoxy) is 1. The summed E-state index contributed by atoms with van der Waals surface area (Å²) in [6.45, 7) is 4.43. The summed E-state index contributed by atoms with van der Waals surface area (Å²) >= 11 is 0. The summed E-state index contributed by atoms with van der Waals surface area (Å²) in [5.41, 5.74) is 2.76. The minimum Gasteiger partial charge on any atom is -0.497 e. The summed E-state index contributed by atoms with van der Waals surface area (Å²) in [5.74, 6) is 0.892. The molecular formula is C16H22O2. The van der Waals surface area contributed by atoms with Crippen molar-refractivity contribution in [3.63, 3.8) is 0 Å². The van der Waals surface area contributed by atoms with E-state index in [2.05, 4.69) is 26.0 Å². The third-order valence-corrected chi connectivity index (χ3v) is 3.46. The largest absolute Gasteiger partial charge is 0.497 e. The molecule has 18 heavy (non-hydrogen) atoms. The summed E-state index contributed by atoms with van der Waals surface area (Å²) in [7, 11) is 1.69. The van der Waals surface area contributed by atoms with Crippen molar-refractivity contribution >= 4 is 0 Å². The van der Waals surface area contributed by atoms with Gasteiger partial charge in [0.2, 0.25) is 0 Å². The Morgan fingerprint density at radius 3 is 2.83 bits per heavy atom. The van der Waals surface area contributed by atoms with Crippen LogP contribution in [0.15, 0.2) is 35.9 Å². The quantitative estimate of drug-likeness (QED) is 0.829. The molecule has 0 amide bonds. The molecule has 0 spiro atoms. The molecular weight excluding hydrogens is 224 g/mol. The van der Waals surface area contributed by atoms with Crippen molar-refractivity contribution in [2.75, 3.05) is 7.11 Å². The minimum absolute atomic E-state index is 0.197.